The van der Waals surface area contributed by atoms with Crippen molar-refractivity contribution in [2.45, 2.75) is 27.0 Å². The van der Waals surface area contributed by atoms with Gasteiger partial charge in [-0.15, -0.1) is 5.10 Å². The number of benzene rings is 1. The lowest BCUT2D eigenvalue weighted by molar-refractivity contribution is 0.126. The molecule has 150 valence electrons. The van der Waals surface area contributed by atoms with E-state index in [1.807, 2.05) is 42.7 Å². The number of ether oxygens (including phenoxy) is 1. The van der Waals surface area contributed by atoms with E-state index >= 15 is 0 Å². The summed E-state index contributed by atoms with van der Waals surface area (Å²) in [5.74, 6) is 1.22. The summed E-state index contributed by atoms with van der Waals surface area (Å²) < 4.78 is 8.91. The third-order valence-electron chi connectivity index (χ3n) is 4.91. The van der Waals surface area contributed by atoms with Gasteiger partial charge < -0.3 is 19.2 Å². The zero-order valence-electron chi connectivity index (χ0n) is 16.5. The highest BCUT2D eigenvalue weighted by molar-refractivity contribution is 5.93. The lowest BCUT2D eigenvalue weighted by Gasteiger charge is -2.04. The van der Waals surface area contributed by atoms with E-state index in [2.05, 4.69) is 20.2 Å². The van der Waals surface area contributed by atoms with E-state index in [1.54, 1.807) is 24.2 Å². The molecule has 3 heterocycles. The molecule has 0 fully saturated rings. The maximum atomic E-state index is 9.35. The molecule has 0 amide bonds. The standard InChI is InChI=1S/C20H22N6O3/c1-13-14(2)25(8-9-27)19-18(13)20-23-17(24-26(20)12-21-19)11-29-22-10-15-6-4-5-7-16(15)28-3/h4-7,10,12,27H,8-9,11H2,1-3H3/b22-10+. The highest BCUT2D eigenvalue weighted by atomic mass is 16.6. The van der Waals surface area contributed by atoms with E-state index in [1.165, 1.54) is 0 Å². The van der Waals surface area contributed by atoms with Crippen LogP contribution in [-0.2, 0) is 18.0 Å². The highest BCUT2D eigenvalue weighted by Crippen LogP contribution is 2.26. The summed E-state index contributed by atoms with van der Waals surface area (Å²) in [5, 5.41) is 18.7. The van der Waals surface area contributed by atoms with E-state index < -0.39 is 0 Å². The van der Waals surface area contributed by atoms with Crippen LogP contribution in [0.25, 0.3) is 16.7 Å². The van der Waals surface area contributed by atoms with Crippen molar-refractivity contribution in [1.82, 2.24) is 24.1 Å². The van der Waals surface area contributed by atoms with Crippen LogP contribution in [0.1, 0.15) is 22.6 Å². The van der Waals surface area contributed by atoms with Crippen molar-refractivity contribution >= 4 is 22.9 Å². The molecule has 9 heteroatoms. The van der Waals surface area contributed by atoms with Gasteiger partial charge in [0.15, 0.2) is 18.1 Å². The Morgan fingerprint density at radius 1 is 1.21 bits per heavy atom. The molecule has 0 radical (unpaired) electrons. The number of fused-ring (bicyclic) bond motifs is 3. The normalized spacial score (nSPS) is 11.7. The summed E-state index contributed by atoms with van der Waals surface area (Å²) in [6, 6.07) is 7.54. The molecule has 0 atom stereocenters. The molecule has 1 aromatic carbocycles. The van der Waals surface area contributed by atoms with Gasteiger partial charge >= 0.3 is 0 Å². The summed E-state index contributed by atoms with van der Waals surface area (Å²) in [6.07, 6.45) is 3.22. The second-order valence-corrected chi connectivity index (χ2v) is 6.57. The molecule has 0 unspecified atom stereocenters. The smallest absolute Gasteiger partial charge is 0.192 e. The van der Waals surface area contributed by atoms with E-state index in [0.717, 1.165) is 33.6 Å². The summed E-state index contributed by atoms with van der Waals surface area (Å²) in [4.78, 5) is 14.5. The lowest BCUT2D eigenvalue weighted by atomic mass is 10.2. The van der Waals surface area contributed by atoms with Gasteiger partial charge in [0.2, 0.25) is 0 Å². The number of rotatable bonds is 7. The Morgan fingerprint density at radius 3 is 2.83 bits per heavy atom. The lowest BCUT2D eigenvalue weighted by Crippen LogP contribution is -2.05. The number of aliphatic hydroxyl groups excluding tert-OH is 1. The first-order valence-electron chi connectivity index (χ1n) is 9.23. The van der Waals surface area contributed by atoms with Crippen LogP contribution in [0.15, 0.2) is 35.7 Å². The molecule has 4 aromatic rings. The number of oxime groups is 1. The monoisotopic (exact) mass is 394 g/mol. The Bertz CT molecular complexity index is 1190. The van der Waals surface area contributed by atoms with Crippen LogP contribution in [0.3, 0.4) is 0 Å². The third kappa shape index (κ3) is 3.40. The number of hydrogen-bond acceptors (Lipinski definition) is 7. The van der Waals surface area contributed by atoms with Crippen LogP contribution in [0.4, 0.5) is 0 Å². The van der Waals surface area contributed by atoms with Crippen molar-refractivity contribution in [3.63, 3.8) is 0 Å². The largest absolute Gasteiger partial charge is 0.496 e. The minimum atomic E-state index is 0.0485. The molecule has 0 aliphatic carbocycles. The van der Waals surface area contributed by atoms with Gasteiger partial charge in [0.25, 0.3) is 0 Å². The Balaban J connectivity index is 1.58. The fourth-order valence-corrected chi connectivity index (χ4v) is 3.37. The molecular formula is C20H22N6O3. The number of hydrogen-bond donors (Lipinski definition) is 1. The topological polar surface area (TPSA) is 99.1 Å². The fourth-order valence-electron chi connectivity index (χ4n) is 3.37. The zero-order valence-corrected chi connectivity index (χ0v) is 16.5. The average molecular weight is 394 g/mol. The van der Waals surface area contributed by atoms with Crippen LogP contribution < -0.4 is 4.74 Å². The van der Waals surface area contributed by atoms with Gasteiger partial charge in [0.1, 0.15) is 17.7 Å². The number of para-hydroxylation sites is 1. The maximum absolute atomic E-state index is 9.35. The third-order valence-corrected chi connectivity index (χ3v) is 4.91. The molecule has 29 heavy (non-hydrogen) atoms. The molecule has 0 aliphatic rings. The molecule has 0 saturated carbocycles. The summed E-state index contributed by atoms with van der Waals surface area (Å²) in [6.45, 7) is 4.70. The number of aromatic nitrogens is 5. The van der Waals surface area contributed by atoms with Gasteiger partial charge in [-0.1, -0.05) is 17.3 Å². The maximum Gasteiger partial charge on any atom is 0.192 e. The number of aliphatic hydroxyl groups is 1. The van der Waals surface area contributed by atoms with Crippen molar-refractivity contribution in [1.29, 1.82) is 0 Å². The zero-order chi connectivity index (χ0) is 20.4. The molecule has 9 nitrogen and oxygen atoms in total. The fraction of sp³-hybridized carbons (Fsp3) is 0.300. The van der Waals surface area contributed by atoms with Crippen molar-refractivity contribution in [2.24, 2.45) is 5.16 Å². The Kier molecular flexibility index (Phi) is 5.13. The quantitative estimate of drug-likeness (QED) is 0.381. The van der Waals surface area contributed by atoms with Gasteiger partial charge in [-0.25, -0.2) is 14.5 Å². The van der Waals surface area contributed by atoms with Gasteiger partial charge in [-0.2, -0.15) is 0 Å². The first kappa shape index (κ1) is 18.9. The number of nitrogens with zero attached hydrogens (tertiary/aromatic N) is 6. The highest BCUT2D eigenvalue weighted by Gasteiger charge is 2.17. The van der Waals surface area contributed by atoms with Crippen LogP contribution in [0, 0.1) is 13.8 Å². The minimum Gasteiger partial charge on any atom is -0.496 e. The molecule has 0 aliphatic heterocycles. The predicted molar refractivity (Wildman–Crippen MR) is 108 cm³/mol. The SMILES string of the molecule is COc1ccccc1/C=N/OCc1nc2c3c(C)c(C)n(CCO)c3ncn2n1. The van der Waals surface area contributed by atoms with E-state index in [4.69, 9.17) is 9.57 Å². The Labute approximate surface area is 167 Å². The average Bonchev–Trinajstić information content (AvgIpc) is 3.26. The summed E-state index contributed by atoms with van der Waals surface area (Å²) >= 11 is 0. The molecule has 0 bridgehead atoms. The number of aryl methyl sites for hydroxylation is 1. The van der Waals surface area contributed by atoms with Crippen molar-refractivity contribution in [3.05, 3.63) is 53.2 Å². The van der Waals surface area contributed by atoms with Gasteiger partial charge in [-0.3, -0.25) is 0 Å². The molecule has 4 rings (SSSR count). The van der Waals surface area contributed by atoms with Crippen LogP contribution in [0.5, 0.6) is 5.75 Å². The number of methoxy groups -OCH3 is 1. The molecular weight excluding hydrogens is 372 g/mol. The minimum absolute atomic E-state index is 0.0485. The van der Waals surface area contributed by atoms with Crippen LogP contribution in [0.2, 0.25) is 0 Å². The summed E-state index contributed by atoms with van der Waals surface area (Å²) in [5.41, 5.74) is 4.44. The second-order valence-electron chi connectivity index (χ2n) is 6.57. The first-order valence-corrected chi connectivity index (χ1v) is 9.23. The van der Waals surface area contributed by atoms with Crippen LogP contribution >= 0.6 is 0 Å². The molecule has 0 saturated heterocycles. The van der Waals surface area contributed by atoms with Crippen LogP contribution in [-0.4, -0.2) is 49.2 Å². The van der Waals surface area contributed by atoms with E-state index in [0.29, 0.717) is 18.0 Å². The van der Waals surface area contributed by atoms with E-state index in [9.17, 15) is 5.11 Å². The molecule has 0 spiro atoms. The van der Waals surface area contributed by atoms with Crippen molar-refractivity contribution < 1.29 is 14.7 Å². The van der Waals surface area contributed by atoms with Crippen molar-refractivity contribution in [2.75, 3.05) is 13.7 Å². The van der Waals surface area contributed by atoms with Gasteiger partial charge in [0.05, 0.1) is 25.3 Å². The van der Waals surface area contributed by atoms with Gasteiger partial charge in [-0.05, 0) is 31.5 Å². The molecule has 3 aromatic heterocycles. The first-order chi connectivity index (χ1) is 14.1. The van der Waals surface area contributed by atoms with E-state index in [-0.39, 0.29) is 13.2 Å². The van der Waals surface area contributed by atoms with Crippen molar-refractivity contribution in [3.8, 4) is 5.75 Å². The molecule has 1 N–H and O–H groups in total. The Hall–Kier alpha value is -3.46. The van der Waals surface area contributed by atoms with Gasteiger partial charge in [0, 0.05) is 17.8 Å². The second kappa shape index (κ2) is 7.88. The Morgan fingerprint density at radius 2 is 2.03 bits per heavy atom. The summed E-state index contributed by atoms with van der Waals surface area (Å²) in [7, 11) is 1.61. The predicted octanol–water partition coefficient (Wildman–Crippen LogP) is 2.25.